The second-order valence-corrected chi connectivity index (χ2v) is 12.2. The summed E-state index contributed by atoms with van der Waals surface area (Å²) in [6.45, 7) is 11.9. The molecule has 0 spiro atoms. The number of rotatable bonds is 15. The maximum Gasteiger partial charge on any atom is 0.314 e. The molecule has 0 aliphatic heterocycles. The van der Waals surface area contributed by atoms with Gasteiger partial charge in [0.1, 0.15) is 11.8 Å². The first-order valence-corrected chi connectivity index (χ1v) is 15.4. The Bertz CT molecular complexity index is 1390. The summed E-state index contributed by atoms with van der Waals surface area (Å²) in [5.74, 6) is -7.81. The van der Waals surface area contributed by atoms with Gasteiger partial charge < -0.3 is 9.47 Å². The van der Waals surface area contributed by atoms with Gasteiger partial charge >= 0.3 is 11.9 Å². The summed E-state index contributed by atoms with van der Waals surface area (Å²) < 4.78 is 9.99. The number of carbonyl (C=O) groups excluding carboxylic acids is 6. The van der Waals surface area contributed by atoms with Crippen molar-refractivity contribution >= 4 is 35.1 Å². The van der Waals surface area contributed by atoms with Crippen LogP contribution in [0, 0.1) is 11.8 Å². The fourth-order valence-electron chi connectivity index (χ4n) is 5.22. The van der Waals surface area contributed by atoms with Gasteiger partial charge in [0.2, 0.25) is 0 Å². The van der Waals surface area contributed by atoms with Crippen molar-refractivity contribution in [2.75, 3.05) is 14.2 Å². The predicted octanol–water partition coefficient (Wildman–Crippen LogP) is 6.74. The molecule has 0 amide bonds. The second kappa shape index (κ2) is 17.9. The molecule has 0 aromatic rings. The fourth-order valence-corrected chi connectivity index (χ4v) is 5.22. The van der Waals surface area contributed by atoms with Crippen molar-refractivity contribution in [3.8, 4) is 0 Å². The molecule has 0 bridgehead atoms. The predicted molar refractivity (Wildman–Crippen MR) is 177 cm³/mol. The zero-order valence-corrected chi connectivity index (χ0v) is 28.3. The third kappa shape index (κ3) is 10.9. The number of hydrogen-bond acceptors (Lipinski definition) is 8. The topological polar surface area (TPSA) is 121 Å². The highest BCUT2D eigenvalue weighted by molar-refractivity contribution is 6.24. The molecule has 0 radical (unpaired) electrons. The van der Waals surface area contributed by atoms with Crippen LogP contribution in [-0.2, 0) is 38.2 Å². The summed E-state index contributed by atoms with van der Waals surface area (Å²) in [4.78, 5) is 79.9. The molecule has 0 aromatic carbocycles. The van der Waals surface area contributed by atoms with Crippen molar-refractivity contribution in [3.05, 3.63) is 93.2 Å². The normalized spacial score (nSPS) is 16.9. The number of ether oxygens (including phenoxy) is 2. The quantitative estimate of drug-likeness (QED) is 0.111. The van der Waals surface area contributed by atoms with E-state index in [4.69, 9.17) is 9.47 Å². The Morgan fingerprint density at radius 2 is 0.935 bits per heavy atom. The molecule has 0 unspecified atom stereocenters. The molecule has 8 nitrogen and oxygen atoms in total. The van der Waals surface area contributed by atoms with E-state index in [0.29, 0.717) is 0 Å². The van der Waals surface area contributed by atoms with E-state index in [1.54, 1.807) is 0 Å². The average Bonchev–Trinajstić information content (AvgIpc) is 2.99. The Morgan fingerprint density at radius 3 is 1.24 bits per heavy atom. The number of carbonyl (C=O) groups is 6. The lowest BCUT2D eigenvalue weighted by Gasteiger charge is -2.28. The van der Waals surface area contributed by atoms with Crippen LogP contribution in [0.4, 0.5) is 0 Å². The van der Waals surface area contributed by atoms with Crippen LogP contribution in [0.2, 0.25) is 0 Å². The first-order valence-electron chi connectivity index (χ1n) is 15.4. The van der Waals surface area contributed by atoms with Crippen LogP contribution in [0.1, 0.15) is 80.1 Å². The number of allylic oxidation sites excluding steroid dienone is 14. The highest BCUT2D eigenvalue weighted by Crippen LogP contribution is 2.36. The van der Waals surface area contributed by atoms with Crippen molar-refractivity contribution < 1.29 is 38.2 Å². The van der Waals surface area contributed by atoms with Crippen LogP contribution < -0.4 is 0 Å². The molecule has 246 valence electrons. The van der Waals surface area contributed by atoms with Crippen LogP contribution in [-0.4, -0.2) is 49.3 Å². The number of hydrogen-bond donors (Lipinski definition) is 0. The summed E-state index contributed by atoms with van der Waals surface area (Å²) in [5, 5.41) is 0. The van der Waals surface area contributed by atoms with E-state index in [-0.39, 0.29) is 35.1 Å². The molecule has 0 saturated heterocycles. The highest BCUT2D eigenvalue weighted by atomic mass is 16.5. The smallest absolute Gasteiger partial charge is 0.314 e. The first kappa shape index (κ1) is 37.7. The molecule has 0 heterocycles. The minimum atomic E-state index is -1.70. The summed E-state index contributed by atoms with van der Waals surface area (Å²) in [6, 6.07) is 0. The number of ketones is 4. The average molecular weight is 631 g/mol. The summed E-state index contributed by atoms with van der Waals surface area (Å²) >= 11 is 0. The highest BCUT2D eigenvalue weighted by Gasteiger charge is 2.46. The minimum absolute atomic E-state index is 0.131. The van der Waals surface area contributed by atoms with Crippen LogP contribution >= 0.6 is 0 Å². The molecule has 2 atom stereocenters. The van der Waals surface area contributed by atoms with Crippen molar-refractivity contribution in [2.45, 2.75) is 80.1 Å². The Balaban J connectivity index is 2.47. The van der Waals surface area contributed by atoms with Gasteiger partial charge in [0.05, 0.1) is 14.2 Å². The first-order chi connectivity index (χ1) is 21.7. The van der Waals surface area contributed by atoms with E-state index in [1.165, 1.54) is 23.3 Å². The fraction of sp³-hybridized carbons (Fsp3) is 0.421. The minimum Gasteiger partial charge on any atom is -0.469 e. The van der Waals surface area contributed by atoms with E-state index < -0.39 is 46.9 Å². The van der Waals surface area contributed by atoms with Crippen molar-refractivity contribution in [3.63, 3.8) is 0 Å². The molecule has 2 aliphatic rings. The maximum absolute atomic E-state index is 13.8. The second-order valence-electron chi connectivity index (χ2n) is 12.2. The summed E-state index contributed by atoms with van der Waals surface area (Å²) in [6.07, 6.45) is 15.7. The summed E-state index contributed by atoms with van der Waals surface area (Å²) in [5.41, 5.74) is 4.11. The van der Waals surface area contributed by atoms with Crippen molar-refractivity contribution in [2.24, 2.45) is 11.8 Å². The Hall–Kier alpha value is -4.46. The van der Waals surface area contributed by atoms with Gasteiger partial charge in [-0.2, -0.15) is 0 Å². The lowest BCUT2D eigenvalue weighted by Crippen LogP contribution is -2.40. The van der Waals surface area contributed by atoms with E-state index in [2.05, 4.69) is 12.2 Å². The Kier molecular flexibility index (Phi) is 14.7. The van der Waals surface area contributed by atoms with E-state index in [9.17, 15) is 28.8 Å². The van der Waals surface area contributed by atoms with E-state index >= 15 is 0 Å². The van der Waals surface area contributed by atoms with Gasteiger partial charge in [-0.25, -0.2) is 0 Å². The number of methoxy groups -OCH3 is 2. The third-order valence-electron chi connectivity index (χ3n) is 7.77. The Morgan fingerprint density at radius 1 is 0.587 bits per heavy atom. The number of Topliss-reactive ketones (excluding diaryl/α,β-unsaturated/α-hetero) is 2. The maximum atomic E-state index is 13.8. The van der Waals surface area contributed by atoms with Gasteiger partial charge in [-0.15, -0.1) is 0 Å². The molecule has 2 rings (SSSR count). The zero-order chi connectivity index (χ0) is 34.6. The number of esters is 2. The zero-order valence-electron chi connectivity index (χ0n) is 28.3. The molecular formula is C38H46O8. The van der Waals surface area contributed by atoms with Gasteiger partial charge in [-0.05, 0) is 104 Å². The molecule has 0 fully saturated rings. The Labute approximate surface area is 272 Å². The van der Waals surface area contributed by atoms with Crippen LogP contribution in [0.25, 0.3) is 0 Å². The van der Waals surface area contributed by atoms with Gasteiger partial charge in [-0.1, -0.05) is 46.6 Å². The molecule has 0 saturated carbocycles. The van der Waals surface area contributed by atoms with E-state index in [1.807, 2.05) is 53.7 Å². The molecular weight excluding hydrogens is 584 g/mol. The van der Waals surface area contributed by atoms with Crippen LogP contribution in [0.15, 0.2) is 93.2 Å². The van der Waals surface area contributed by atoms with Crippen LogP contribution in [0.5, 0.6) is 0 Å². The molecule has 2 aliphatic carbocycles. The van der Waals surface area contributed by atoms with Crippen LogP contribution in [0.3, 0.4) is 0 Å². The molecule has 46 heavy (non-hydrogen) atoms. The molecule has 8 heteroatoms. The SMILES string of the molecule is COC(=O)[C@H](C1=CC(=O)C=C(C/C=C(\C)CCC=C(C)C)C1=O)[C@@H](C(=O)OC)C1=CC(=O)C=C(C/C=C(\C)CCC=C(C)C)C1=O. The third-order valence-corrected chi connectivity index (χ3v) is 7.77. The van der Waals surface area contributed by atoms with Crippen molar-refractivity contribution in [1.82, 2.24) is 0 Å². The lowest BCUT2D eigenvalue weighted by molar-refractivity contribution is -0.155. The largest absolute Gasteiger partial charge is 0.469 e. The molecule has 0 N–H and O–H groups in total. The van der Waals surface area contributed by atoms with Gasteiger partial charge in [-0.3, -0.25) is 28.8 Å². The lowest BCUT2D eigenvalue weighted by atomic mass is 9.73. The van der Waals surface area contributed by atoms with Gasteiger partial charge in [0.15, 0.2) is 23.1 Å². The summed E-state index contributed by atoms with van der Waals surface area (Å²) in [7, 11) is 2.15. The van der Waals surface area contributed by atoms with Gasteiger partial charge in [0.25, 0.3) is 0 Å². The monoisotopic (exact) mass is 630 g/mol. The van der Waals surface area contributed by atoms with Gasteiger partial charge in [0, 0.05) is 22.3 Å². The van der Waals surface area contributed by atoms with Crippen molar-refractivity contribution in [1.29, 1.82) is 0 Å². The van der Waals surface area contributed by atoms with E-state index in [0.717, 1.165) is 63.2 Å². The standard InChI is InChI=1S/C38H46O8/c1-23(2)11-9-13-25(5)15-17-27-19-29(39)21-31(35(27)41)33(37(43)45-7)34(38(44)46-8)32-22-30(40)20-28(36(32)42)18-16-26(6)14-10-12-24(3)4/h11-12,15-16,19-22,33-34H,9-10,13-14,17-18H2,1-8H3/b25-15+,26-16+/t33-,34+. The molecule has 0 aromatic heterocycles.